The van der Waals surface area contributed by atoms with Crippen molar-refractivity contribution in [3.8, 4) is 5.75 Å². The molecule has 1 aromatic rings. The first-order valence-corrected chi connectivity index (χ1v) is 11.0. The average Bonchev–Trinajstić information content (AvgIpc) is 2.71. The number of piperidine rings is 1. The van der Waals surface area contributed by atoms with Crippen LogP contribution < -0.4 is 4.74 Å². The lowest BCUT2D eigenvalue weighted by molar-refractivity contribution is -0.0899. The van der Waals surface area contributed by atoms with Gasteiger partial charge in [0, 0.05) is 32.9 Å². The molecule has 0 aliphatic carbocycles. The Morgan fingerprint density at radius 1 is 1.04 bits per heavy atom. The molecule has 0 radical (unpaired) electrons. The minimum absolute atomic E-state index is 0.300. The first kappa shape index (κ1) is 25.9. The van der Waals surface area contributed by atoms with Gasteiger partial charge in [-0.1, -0.05) is 33.8 Å². The SMILES string of the molecule is CC.CC.COCC1(OC)CCN(S(=O)(=O)c2cccc(OC)c2C)CC1. The van der Waals surface area contributed by atoms with Gasteiger partial charge < -0.3 is 14.2 Å². The van der Waals surface area contributed by atoms with Gasteiger partial charge in [-0.3, -0.25) is 0 Å². The zero-order valence-corrected chi connectivity index (χ0v) is 19.0. The van der Waals surface area contributed by atoms with Gasteiger partial charge in [0.25, 0.3) is 0 Å². The van der Waals surface area contributed by atoms with Crippen molar-refractivity contribution in [1.82, 2.24) is 4.31 Å². The summed E-state index contributed by atoms with van der Waals surface area (Å²) < 4.78 is 43.4. The molecule has 1 fully saturated rings. The molecule has 0 spiro atoms. The molecule has 1 saturated heterocycles. The van der Waals surface area contributed by atoms with Crippen LogP contribution in [-0.4, -0.2) is 59.3 Å². The number of ether oxygens (including phenoxy) is 3. The highest BCUT2D eigenvalue weighted by Crippen LogP contribution is 2.32. The molecule has 0 N–H and O–H groups in total. The van der Waals surface area contributed by atoms with Crippen molar-refractivity contribution in [3.05, 3.63) is 23.8 Å². The van der Waals surface area contributed by atoms with Gasteiger partial charge in [0.2, 0.25) is 10.0 Å². The molecular weight excluding hydrogens is 366 g/mol. The fraction of sp³-hybridized carbons (Fsp3) is 0.700. The Labute approximate surface area is 165 Å². The normalized spacial score (nSPS) is 16.4. The van der Waals surface area contributed by atoms with Crippen LogP contribution >= 0.6 is 0 Å². The molecule has 27 heavy (non-hydrogen) atoms. The Hall–Kier alpha value is -1.15. The molecule has 1 aromatic carbocycles. The number of hydrogen-bond acceptors (Lipinski definition) is 5. The second-order valence-corrected chi connectivity index (χ2v) is 7.71. The van der Waals surface area contributed by atoms with E-state index in [9.17, 15) is 8.42 Å². The van der Waals surface area contributed by atoms with Crippen LogP contribution in [0.5, 0.6) is 5.75 Å². The van der Waals surface area contributed by atoms with Crippen molar-refractivity contribution in [1.29, 1.82) is 0 Å². The summed E-state index contributed by atoms with van der Waals surface area (Å²) in [7, 11) is 1.27. The highest BCUT2D eigenvalue weighted by atomic mass is 32.2. The zero-order chi connectivity index (χ0) is 21.1. The number of sulfonamides is 1. The summed E-state index contributed by atoms with van der Waals surface area (Å²) in [4.78, 5) is 0.300. The third kappa shape index (κ3) is 6.17. The van der Waals surface area contributed by atoms with Gasteiger partial charge in [-0.05, 0) is 31.9 Å². The van der Waals surface area contributed by atoms with Crippen molar-refractivity contribution >= 4 is 10.0 Å². The van der Waals surface area contributed by atoms with E-state index in [0.29, 0.717) is 48.7 Å². The molecule has 0 amide bonds. The molecule has 0 atom stereocenters. The lowest BCUT2D eigenvalue weighted by Crippen LogP contribution is -2.49. The fourth-order valence-electron chi connectivity index (χ4n) is 3.04. The van der Waals surface area contributed by atoms with Crippen molar-refractivity contribution in [2.75, 3.05) is 41.0 Å². The Balaban J connectivity index is 0.00000158. The Kier molecular flexibility index (Phi) is 11.8. The second-order valence-electron chi connectivity index (χ2n) is 5.81. The highest BCUT2D eigenvalue weighted by molar-refractivity contribution is 7.89. The van der Waals surface area contributed by atoms with Crippen LogP contribution in [-0.2, 0) is 19.5 Å². The van der Waals surface area contributed by atoms with Gasteiger partial charge in [-0.25, -0.2) is 8.42 Å². The zero-order valence-electron chi connectivity index (χ0n) is 18.2. The van der Waals surface area contributed by atoms with Crippen LogP contribution in [0.3, 0.4) is 0 Å². The molecule has 2 rings (SSSR count). The smallest absolute Gasteiger partial charge is 0.243 e. The maximum atomic E-state index is 12.9. The molecule has 0 saturated carbocycles. The summed E-state index contributed by atoms with van der Waals surface area (Å²) in [6, 6.07) is 5.09. The maximum absolute atomic E-state index is 12.9. The first-order chi connectivity index (χ1) is 12.9. The summed E-state index contributed by atoms with van der Waals surface area (Å²) >= 11 is 0. The van der Waals surface area contributed by atoms with E-state index in [-0.39, 0.29) is 0 Å². The quantitative estimate of drug-likeness (QED) is 0.721. The third-order valence-corrected chi connectivity index (χ3v) is 6.59. The van der Waals surface area contributed by atoms with E-state index in [1.165, 1.54) is 11.4 Å². The van der Waals surface area contributed by atoms with Crippen LogP contribution in [0.1, 0.15) is 46.1 Å². The van der Waals surface area contributed by atoms with Crippen LogP contribution in [0, 0.1) is 6.92 Å². The maximum Gasteiger partial charge on any atom is 0.243 e. The van der Waals surface area contributed by atoms with E-state index in [2.05, 4.69) is 0 Å². The van der Waals surface area contributed by atoms with Crippen molar-refractivity contribution in [2.24, 2.45) is 0 Å². The van der Waals surface area contributed by atoms with Gasteiger partial charge in [0.15, 0.2) is 0 Å². The molecule has 1 aliphatic heterocycles. The molecule has 1 aliphatic rings. The molecule has 7 heteroatoms. The molecule has 158 valence electrons. The summed E-state index contributed by atoms with van der Waals surface area (Å²) in [5, 5.41) is 0. The summed E-state index contributed by atoms with van der Waals surface area (Å²) in [5.41, 5.74) is 0.236. The minimum Gasteiger partial charge on any atom is -0.496 e. The van der Waals surface area contributed by atoms with Gasteiger partial charge in [-0.15, -0.1) is 0 Å². The number of hydrogen-bond donors (Lipinski definition) is 0. The standard InChI is InChI=1S/C16H25NO5S.2C2H6/c1-13-14(21-3)6-5-7-15(13)23(18,19)17-10-8-16(22-4,9-11-17)12-20-2;2*1-2/h5-7H,8-12H2,1-4H3;2*1-2H3. The number of rotatable bonds is 6. The van der Waals surface area contributed by atoms with E-state index < -0.39 is 15.6 Å². The molecule has 0 aromatic heterocycles. The second kappa shape index (κ2) is 12.3. The minimum atomic E-state index is -3.54. The van der Waals surface area contributed by atoms with Gasteiger partial charge >= 0.3 is 0 Å². The summed E-state index contributed by atoms with van der Waals surface area (Å²) in [5.74, 6) is 0.578. The Bertz CT molecular complexity index is 638. The molecular formula is C20H37NO5S. The van der Waals surface area contributed by atoms with Gasteiger partial charge in [0.1, 0.15) is 5.75 Å². The Morgan fingerprint density at radius 2 is 1.59 bits per heavy atom. The topological polar surface area (TPSA) is 65.1 Å². The first-order valence-electron chi connectivity index (χ1n) is 9.58. The predicted molar refractivity (Wildman–Crippen MR) is 110 cm³/mol. The van der Waals surface area contributed by atoms with E-state index in [4.69, 9.17) is 14.2 Å². The van der Waals surface area contributed by atoms with E-state index in [1.54, 1.807) is 39.3 Å². The lowest BCUT2D eigenvalue weighted by atomic mass is 9.93. The summed E-state index contributed by atoms with van der Waals surface area (Å²) in [6.07, 6.45) is 1.22. The fourth-order valence-corrected chi connectivity index (χ4v) is 4.72. The number of benzene rings is 1. The molecule has 0 unspecified atom stereocenters. The van der Waals surface area contributed by atoms with Crippen molar-refractivity contribution < 1.29 is 22.6 Å². The van der Waals surface area contributed by atoms with E-state index >= 15 is 0 Å². The van der Waals surface area contributed by atoms with Crippen molar-refractivity contribution in [2.45, 2.75) is 58.0 Å². The van der Waals surface area contributed by atoms with Crippen LogP contribution in [0.25, 0.3) is 0 Å². The highest BCUT2D eigenvalue weighted by Gasteiger charge is 2.39. The van der Waals surface area contributed by atoms with Crippen LogP contribution in [0.15, 0.2) is 23.1 Å². The van der Waals surface area contributed by atoms with Crippen molar-refractivity contribution in [3.63, 3.8) is 0 Å². The monoisotopic (exact) mass is 403 g/mol. The number of nitrogens with zero attached hydrogens (tertiary/aromatic N) is 1. The van der Waals surface area contributed by atoms with E-state index in [1.807, 2.05) is 27.7 Å². The van der Waals surface area contributed by atoms with Crippen LogP contribution in [0.4, 0.5) is 0 Å². The largest absolute Gasteiger partial charge is 0.496 e. The number of methoxy groups -OCH3 is 3. The van der Waals surface area contributed by atoms with E-state index in [0.717, 1.165) is 0 Å². The molecule has 6 nitrogen and oxygen atoms in total. The van der Waals surface area contributed by atoms with Crippen LogP contribution in [0.2, 0.25) is 0 Å². The average molecular weight is 404 g/mol. The molecule has 1 heterocycles. The lowest BCUT2D eigenvalue weighted by Gasteiger charge is -2.39. The molecule has 0 bridgehead atoms. The van der Waals surface area contributed by atoms with Gasteiger partial charge in [-0.2, -0.15) is 4.31 Å². The summed E-state index contributed by atoms with van der Waals surface area (Å²) in [6.45, 7) is 11.1. The third-order valence-electron chi connectivity index (χ3n) is 4.55. The predicted octanol–water partition coefficient (Wildman–Crippen LogP) is 3.87. The van der Waals surface area contributed by atoms with Gasteiger partial charge in [0.05, 0.1) is 24.2 Å². The Morgan fingerprint density at radius 3 is 2.04 bits per heavy atom.